The van der Waals surface area contributed by atoms with Gasteiger partial charge in [0.25, 0.3) is 0 Å². The van der Waals surface area contributed by atoms with Gasteiger partial charge in [0.2, 0.25) is 0 Å². The van der Waals surface area contributed by atoms with Gasteiger partial charge in [-0.2, -0.15) is 0 Å². The van der Waals surface area contributed by atoms with Gasteiger partial charge >= 0.3 is 39.9 Å². The van der Waals surface area contributed by atoms with Gasteiger partial charge in [-0.3, -0.25) is 0 Å². The number of halogens is 10. The molecule has 0 amide bonds. The van der Waals surface area contributed by atoms with E-state index in [-0.39, 0.29) is 195 Å². The van der Waals surface area contributed by atoms with Crippen LogP contribution in [0.2, 0.25) is 0 Å². The number of hydrogen-bond donors (Lipinski definition) is 0. The van der Waals surface area contributed by atoms with Crippen molar-refractivity contribution in [2.45, 2.75) is 0 Å². The second kappa shape index (κ2) is 136. The van der Waals surface area contributed by atoms with Crippen molar-refractivity contribution in [1.82, 2.24) is 0 Å². The average Bonchev–Trinajstić information content (AvgIpc) is 0. The van der Waals surface area contributed by atoms with Crippen LogP contribution in [0.1, 0.15) is 0 Å². The maximum atomic E-state index is 0. The average molecular weight is 825 g/mol. The van der Waals surface area contributed by atoms with Crippen LogP contribution in [0.15, 0.2) is 0 Å². The zero-order valence-corrected chi connectivity index (χ0v) is 20.6. The Morgan fingerprint density at radius 2 is 0.250 bits per heavy atom. The van der Waals surface area contributed by atoms with Crippen LogP contribution in [-0.2, 0) is 0 Å². The molecule has 0 saturated heterocycles. The maximum absolute atomic E-state index is 0. The molecular weight excluding hydrogens is 825 g/mol. The molecule has 84 valence electrons. The fraction of sp³-hybridized carbons (Fsp3) is 0. The molecule has 0 aliphatic heterocycles. The zero-order chi connectivity index (χ0) is 0. The summed E-state index contributed by atoms with van der Waals surface area (Å²) in [5.41, 5.74) is 0. The molecule has 0 aromatic carbocycles. The normalized spacial score (nSPS) is 0. The third kappa shape index (κ3) is 112. The first-order chi connectivity index (χ1) is 0. The topological polar surface area (TPSA) is 0 Å². The second-order valence-electron chi connectivity index (χ2n) is 0. The molecule has 0 nitrogen and oxygen atoms in total. The molecule has 0 atom stereocenters. The van der Waals surface area contributed by atoms with Crippen LogP contribution in [0, 0.1) is 71.1 Å². The summed E-state index contributed by atoms with van der Waals surface area (Å²) in [6, 6.07) is 0. The van der Waals surface area contributed by atoms with E-state index in [9.17, 15) is 0 Å². The van der Waals surface area contributed by atoms with E-state index in [1.54, 1.807) is 0 Å². The molecule has 0 aliphatic rings. The number of rotatable bonds is 0. The van der Waals surface area contributed by atoms with Crippen LogP contribution < -0.4 is 124 Å². The Bertz CT molecular complexity index is 9.80. The van der Waals surface area contributed by atoms with Crippen molar-refractivity contribution in [2.75, 3.05) is 0 Å². The minimum atomic E-state index is 0. The van der Waals surface area contributed by atoms with Crippen molar-refractivity contribution in [3.8, 4) is 0 Å². The van der Waals surface area contributed by atoms with Crippen LogP contribution in [0.5, 0.6) is 0 Å². The first-order valence-corrected chi connectivity index (χ1v) is 0. The standard InChI is InChI=1S/10ClH.Th.U/h10*1H;;/q;;;;;;;;;;+4;/p-10. The minimum Gasteiger partial charge on any atom is -1.00 e. The third-order valence-corrected chi connectivity index (χ3v) is 0. The second-order valence-corrected chi connectivity index (χ2v) is 0. The summed E-state index contributed by atoms with van der Waals surface area (Å²) in [6.07, 6.45) is 0. The van der Waals surface area contributed by atoms with Crippen LogP contribution in [0.3, 0.4) is 0 Å². The van der Waals surface area contributed by atoms with Crippen molar-refractivity contribution in [2.24, 2.45) is 0 Å². The summed E-state index contributed by atoms with van der Waals surface area (Å²) in [5, 5.41) is 0. The molecule has 0 bridgehead atoms. The molecule has 0 saturated carbocycles. The van der Waals surface area contributed by atoms with Crippen LogP contribution >= 0.6 is 0 Å². The molecule has 12 heavy (non-hydrogen) atoms. The molecule has 0 spiro atoms. The van der Waals surface area contributed by atoms with E-state index in [1.165, 1.54) is 0 Å². The van der Waals surface area contributed by atoms with Crippen LogP contribution in [0.4, 0.5) is 0 Å². The zero-order valence-electron chi connectivity index (χ0n) is 4.78. The van der Waals surface area contributed by atoms with Crippen molar-refractivity contribution in [3.05, 3.63) is 0 Å². The Balaban J connectivity index is 0. The summed E-state index contributed by atoms with van der Waals surface area (Å²) in [6.45, 7) is 0. The fourth-order valence-electron chi connectivity index (χ4n) is 0. The summed E-state index contributed by atoms with van der Waals surface area (Å²) in [4.78, 5) is 0. The van der Waals surface area contributed by atoms with Gasteiger partial charge in [-0.15, -0.1) is 0 Å². The summed E-state index contributed by atoms with van der Waals surface area (Å²) < 4.78 is 0. The SMILES string of the molecule is [Cl-].[Cl-].[Cl-].[Cl-].[Cl-].[Cl-].[Cl-].[Cl-].[Cl-].[Cl-].[Th+4].[U]. The van der Waals surface area contributed by atoms with Gasteiger partial charge in [0.1, 0.15) is 0 Å². The van der Waals surface area contributed by atoms with Crippen molar-refractivity contribution >= 4 is 0 Å². The molecule has 0 rings (SSSR count). The Kier molecular flexibility index (Phi) is 1870. The van der Waals surface area contributed by atoms with Gasteiger partial charge in [-0.05, 0) is 0 Å². The molecular formula is Cl10ThU-6. The van der Waals surface area contributed by atoms with Crippen molar-refractivity contribution in [1.29, 1.82) is 0 Å². The van der Waals surface area contributed by atoms with Gasteiger partial charge in [-0.25, -0.2) is 0 Å². The van der Waals surface area contributed by atoms with Crippen LogP contribution in [0.25, 0.3) is 0 Å². The summed E-state index contributed by atoms with van der Waals surface area (Å²) in [5.74, 6) is 0. The van der Waals surface area contributed by atoms with Crippen molar-refractivity contribution < 1.29 is 195 Å². The summed E-state index contributed by atoms with van der Waals surface area (Å²) in [7, 11) is 0. The summed E-state index contributed by atoms with van der Waals surface area (Å²) >= 11 is 0. The van der Waals surface area contributed by atoms with E-state index in [0.717, 1.165) is 0 Å². The molecule has 0 aromatic rings. The molecule has 0 aromatic heterocycles. The van der Waals surface area contributed by atoms with Crippen LogP contribution in [-0.4, -0.2) is 0 Å². The molecule has 0 N–H and O–H groups in total. The number of hydrogen-bond acceptors (Lipinski definition) is 0. The van der Waals surface area contributed by atoms with Gasteiger partial charge in [0.05, 0.1) is 0 Å². The minimum absolute atomic E-state index is 0. The smallest absolute Gasteiger partial charge is 1.00 e. The quantitative estimate of drug-likeness (QED) is 0.228. The van der Waals surface area contributed by atoms with E-state index < -0.39 is 0 Å². The molecule has 0 radical (unpaired) electrons. The molecule has 0 fully saturated rings. The monoisotopic (exact) mass is 820 g/mol. The first-order valence-electron chi connectivity index (χ1n) is 0. The van der Waals surface area contributed by atoms with E-state index >= 15 is 0 Å². The van der Waals surface area contributed by atoms with E-state index in [0.29, 0.717) is 0 Å². The molecule has 0 heterocycles. The Labute approximate surface area is 191 Å². The molecule has 12 heteroatoms. The predicted molar refractivity (Wildman–Crippen MR) is 0 cm³/mol. The van der Waals surface area contributed by atoms with E-state index in [2.05, 4.69) is 0 Å². The van der Waals surface area contributed by atoms with Gasteiger partial charge in [-0.1, -0.05) is 0 Å². The van der Waals surface area contributed by atoms with Crippen molar-refractivity contribution in [3.63, 3.8) is 0 Å². The van der Waals surface area contributed by atoms with Gasteiger partial charge < -0.3 is 124 Å². The largest absolute Gasteiger partial charge is 4.00 e. The molecule has 0 aliphatic carbocycles. The maximum Gasteiger partial charge on any atom is 4.00 e. The predicted octanol–water partition coefficient (Wildman–Crippen LogP) is -30.0. The Hall–Kier alpha value is 5.28. The van der Waals surface area contributed by atoms with Gasteiger partial charge in [0, 0.05) is 31.1 Å². The van der Waals surface area contributed by atoms with Gasteiger partial charge in [0.15, 0.2) is 0 Å². The Morgan fingerprint density at radius 1 is 0.250 bits per heavy atom. The van der Waals surface area contributed by atoms with E-state index in [1.807, 2.05) is 0 Å². The first kappa shape index (κ1) is 164. The molecule has 0 unspecified atom stereocenters. The Morgan fingerprint density at radius 3 is 0.250 bits per heavy atom. The van der Waals surface area contributed by atoms with E-state index in [4.69, 9.17) is 0 Å². The fourth-order valence-corrected chi connectivity index (χ4v) is 0. The third-order valence-electron chi connectivity index (χ3n) is 0.